The molecular formula is C13H28O. The molecule has 0 amide bonds. The quantitative estimate of drug-likeness (QED) is 0.624. The van der Waals surface area contributed by atoms with Gasteiger partial charge in [0.1, 0.15) is 0 Å². The van der Waals surface area contributed by atoms with E-state index in [9.17, 15) is 5.11 Å². The van der Waals surface area contributed by atoms with Gasteiger partial charge >= 0.3 is 0 Å². The Hall–Kier alpha value is -0.0400. The van der Waals surface area contributed by atoms with Crippen LogP contribution in [-0.2, 0) is 0 Å². The van der Waals surface area contributed by atoms with Gasteiger partial charge in [-0.3, -0.25) is 0 Å². The molecule has 1 nitrogen and oxygen atoms in total. The van der Waals surface area contributed by atoms with Gasteiger partial charge in [0.05, 0.1) is 6.10 Å². The molecule has 0 heterocycles. The lowest BCUT2D eigenvalue weighted by atomic mass is 9.74. The lowest BCUT2D eigenvalue weighted by molar-refractivity contribution is 0.0185. The van der Waals surface area contributed by atoms with E-state index in [1.165, 1.54) is 38.5 Å². The van der Waals surface area contributed by atoms with Crippen molar-refractivity contribution in [3.63, 3.8) is 0 Å². The number of hydrogen-bond donors (Lipinski definition) is 1. The summed E-state index contributed by atoms with van der Waals surface area (Å²) in [5.74, 6) is 0. The summed E-state index contributed by atoms with van der Waals surface area (Å²) in [6.45, 7) is 8.78. The van der Waals surface area contributed by atoms with Crippen molar-refractivity contribution in [1.29, 1.82) is 0 Å². The Balaban J connectivity index is 4.16. The SMILES string of the molecule is CCCCC(C)(CCCC)C(O)CC. The van der Waals surface area contributed by atoms with Crippen LogP contribution in [0, 0.1) is 5.41 Å². The molecule has 0 aliphatic heterocycles. The van der Waals surface area contributed by atoms with Crippen LogP contribution in [0.5, 0.6) is 0 Å². The van der Waals surface area contributed by atoms with Crippen molar-refractivity contribution in [2.45, 2.75) is 78.7 Å². The van der Waals surface area contributed by atoms with Gasteiger partial charge in [0.2, 0.25) is 0 Å². The van der Waals surface area contributed by atoms with Crippen LogP contribution in [0.2, 0.25) is 0 Å². The summed E-state index contributed by atoms with van der Waals surface area (Å²) in [4.78, 5) is 0. The molecule has 0 aromatic heterocycles. The second kappa shape index (κ2) is 7.28. The third-order valence-corrected chi connectivity index (χ3v) is 3.39. The Kier molecular flexibility index (Phi) is 7.26. The average Bonchev–Trinajstić information content (AvgIpc) is 2.22. The topological polar surface area (TPSA) is 20.2 Å². The molecule has 0 aliphatic rings. The van der Waals surface area contributed by atoms with Crippen LogP contribution in [0.25, 0.3) is 0 Å². The van der Waals surface area contributed by atoms with E-state index in [1.54, 1.807) is 0 Å². The van der Waals surface area contributed by atoms with Crippen molar-refractivity contribution in [3.8, 4) is 0 Å². The Labute approximate surface area is 89.9 Å². The molecule has 0 saturated heterocycles. The number of aliphatic hydroxyl groups excluding tert-OH is 1. The van der Waals surface area contributed by atoms with E-state index in [0.717, 1.165) is 6.42 Å². The van der Waals surface area contributed by atoms with Crippen molar-refractivity contribution in [1.82, 2.24) is 0 Å². The van der Waals surface area contributed by atoms with Crippen LogP contribution < -0.4 is 0 Å². The first kappa shape index (κ1) is 14.0. The molecule has 14 heavy (non-hydrogen) atoms. The Bertz CT molecular complexity index is 123. The lowest BCUT2D eigenvalue weighted by Crippen LogP contribution is -2.31. The van der Waals surface area contributed by atoms with Gasteiger partial charge < -0.3 is 5.11 Å². The van der Waals surface area contributed by atoms with E-state index in [1.807, 2.05) is 0 Å². The molecule has 0 aromatic rings. The Morgan fingerprint density at radius 2 is 1.43 bits per heavy atom. The second-order valence-corrected chi connectivity index (χ2v) is 4.79. The summed E-state index contributed by atoms with van der Waals surface area (Å²) in [5, 5.41) is 10.0. The van der Waals surface area contributed by atoms with Crippen molar-refractivity contribution in [3.05, 3.63) is 0 Å². The summed E-state index contributed by atoms with van der Waals surface area (Å²) < 4.78 is 0. The first-order chi connectivity index (χ1) is 6.60. The summed E-state index contributed by atoms with van der Waals surface area (Å²) >= 11 is 0. The number of hydrogen-bond acceptors (Lipinski definition) is 1. The highest BCUT2D eigenvalue weighted by Crippen LogP contribution is 2.35. The third kappa shape index (κ3) is 4.45. The molecule has 0 radical (unpaired) electrons. The maximum atomic E-state index is 10.0. The Morgan fingerprint density at radius 1 is 1.00 bits per heavy atom. The number of unbranched alkanes of at least 4 members (excludes halogenated alkanes) is 2. The van der Waals surface area contributed by atoms with Crippen LogP contribution in [0.15, 0.2) is 0 Å². The third-order valence-electron chi connectivity index (χ3n) is 3.39. The van der Waals surface area contributed by atoms with Crippen molar-refractivity contribution >= 4 is 0 Å². The monoisotopic (exact) mass is 200 g/mol. The van der Waals surface area contributed by atoms with Crippen molar-refractivity contribution in [2.24, 2.45) is 5.41 Å². The zero-order chi connectivity index (χ0) is 11.0. The minimum Gasteiger partial charge on any atom is -0.393 e. The van der Waals surface area contributed by atoms with E-state index in [4.69, 9.17) is 0 Å². The molecule has 0 rings (SSSR count). The number of rotatable bonds is 8. The maximum absolute atomic E-state index is 10.0. The molecule has 1 heteroatoms. The van der Waals surface area contributed by atoms with Crippen molar-refractivity contribution in [2.75, 3.05) is 0 Å². The van der Waals surface area contributed by atoms with Gasteiger partial charge in [-0.1, -0.05) is 53.4 Å². The highest BCUT2D eigenvalue weighted by molar-refractivity contribution is 4.81. The normalized spacial score (nSPS) is 14.4. The number of aliphatic hydroxyl groups is 1. The summed E-state index contributed by atoms with van der Waals surface area (Å²) in [6, 6.07) is 0. The molecule has 0 spiro atoms. The summed E-state index contributed by atoms with van der Waals surface area (Å²) in [7, 11) is 0. The van der Waals surface area contributed by atoms with Crippen LogP contribution >= 0.6 is 0 Å². The molecule has 1 N–H and O–H groups in total. The van der Waals surface area contributed by atoms with Gasteiger partial charge in [-0.2, -0.15) is 0 Å². The molecule has 86 valence electrons. The van der Waals surface area contributed by atoms with E-state index in [2.05, 4.69) is 27.7 Å². The fourth-order valence-electron chi connectivity index (χ4n) is 2.11. The minimum atomic E-state index is -0.111. The molecule has 0 fully saturated rings. The van der Waals surface area contributed by atoms with Gasteiger partial charge in [-0.15, -0.1) is 0 Å². The predicted molar refractivity (Wildman–Crippen MR) is 63.5 cm³/mol. The molecule has 0 saturated carbocycles. The standard InChI is InChI=1S/C13H28O/c1-5-8-10-13(4,11-9-6-2)12(14)7-3/h12,14H,5-11H2,1-4H3. The fraction of sp³-hybridized carbons (Fsp3) is 1.00. The van der Waals surface area contributed by atoms with Crippen LogP contribution in [0.1, 0.15) is 72.6 Å². The average molecular weight is 200 g/mol. The molecule has 0 aliphatic carbocycles. The van der Waals surface area contributed by atoms with Gasteiger partial charge in [-0.25, -0.2) is 0 Å². The van der Waals surface area contributed by atoms with Crippen LogP contribution in [0.4, 0.5) is 0 Å². The molecule has 1 atom stereocenters. The van der Waals surface area contributed by atoms with Gasteiger partial charge in [0.25, 0.3) is 0 Å². The molecular weight excluding hydrogens is 172 g/mol. The van der Waals surface area contributed by atoms with Crippen LogP contribution in [0.3, 0.4) is 0 Å². The van der Waals surface area contributed by atoms with Gasteiger partial charge in [-0.05, 0) is 24.7 Å². The highest BCUT2D eigenvalue weighted by Gasteiger charge is 2.30. The van der Waals surface area contributed by atoms with Gasteiger partial charge in [0.15, 0.2) is 0 Å². The van der Waals surface area contributed by atoms with Crippen molar-refractivity contribution < 1.29 is 5.11 Å². The zero-order valence-corrected chi connectivity index (χ0v) is 10.5. The minimum absolute atomic E-state index is 0.111. The summed E-state index contributed by atoms with van der Waals surface area (Å²) in [6.07, 6.45) is 8.10. The van der Waals surface area contributed by atoms with Crippen LogP contribution in [-0.4, -0.2) is 11.2 Å². The lowest BCUT2D eigenvalue weighted by Gasteiger charge is -2.34. The smallest absolute Gasteiger partial charge is 0.0591 e. The van der Waals surface area contributed by atoms with E-state index in [0.29, 0.717) is 0 Å². The van der Waals surface area contributed by atoms with E-state index in [-0.39, 0.29) is 11.5 Å². The second-order valence-electron chi connectivity index (χ2n) is 4.79. The molecule has 0 bridgehead atoms. The fourth-order valence-corrected chi connectivity index (χ4v) is 2.11. The highest BCUT2D eigenvalue weighted by atomic mass is 16.3. The predicted octanol–water partition coefficient (Wildman–Crippen LogP) is 4.14. The summed E-state index contributed by atoms with van der Waals surface area (Å²) in [5.41, 5.74) is 0.167. The molecule has 0 aromatic carbocycles. The Morgan fingerprint density at radius 3 is 1.71 bits per heavy atom. The largest absolute Gasteiger partial charge is 0.393 e. The van der Waals surface area contributed by atoms with E-state index >= 15 is 0 Å². The maximum Gasteiger partial charge on any atom is 0.0591 e. The first-order valence-corrected chi connectivity index (χ1v) is 6.28. The van der Waals surface area contributed by atoms with Gasteiger partial charge in [0, 0.05) is 0 Å². The molecule has 1 unspecified atom stereocenters. The van der Waals surface area contributed by atoms with E-state index < -0.39 is 0 Å². The first-order valence-electron chi connectivity index (χ1n) is 6.28. The zero-order valence-electron chi connectivity index (χ0n) is 10.5.